The number of ether oxygens (including phenoxy) is 1. The van der Waals surface area contributed by atoms with Crippen molar-refractivity contribution in [2.24, 2.45) is 0 Å². The lowest BCUT2D eigenvalue weighted by molar-refractivity contribution is -0.151. The molecule has 0 bridgehead atoms. The molecule has 4 aromatic rings. The van der Waals surface area contributed by atoms with Gasteiger partial charge in [-0.3, -0.25) is 29.1 Å². The van der Waals surface area contributed by atoms with Crippen LogP contribution in [0.5, 0.6) is 5.75 Å². The van der Waals surface area contributed by atoms with Crippen LogP contribution in [0.3, 0.4) is 0 Å². The topological polar surface area (TPSA) is 160 Å². The lowest BCUT2D eigenvalue weighted by Gasteiger charge is -2.49. The van der Waals surface area contributed by atoms with E-state index in [1.54, 1.807) is 54.7 Å². The number of hydrogen-bond donors (Lipinski definition) is 3. The number of fused-ring (bicyclic) bond motifs is 1. The monoisotopic (exact) mass is 651 g/mol. The maximum Gasteiger partial charge on any atom is 0.352 e. The minimum absolute atomic E-state index is 0.104. The molecule has 13 heteroatoms. The number of amides is 3. The first-order valence-electron chi connectivity index (χ1n) is 14.9. The highest BCUT2D eigenvalue weighted by Crippen LogP contribution is 2.41. The van der Waals surface area contributed by atoms with Gasteiger partial charge in [0.05, 0.1) is 18.0 Å². The molecule has 3 aliphatic rings. The van der Waals surface area contributed by atoms with Gasteiger partial charge < -0.3 is 25.0 Å². The van der Waals surface area contributed by atoms with Crippen molar-refractivity contribution in [2.75, 3.05) is 12.9 Å². The van der Waals surface area contributed by atoms with Crippen molar-refractivity contribution in [2.45, 2.75) is 36.8 Å². The molecule has 238 valence electrons. The second kappa shape index (κ2) is 12.1. The number of rotatable bonds is 9. The summed E-state index contributed by atoms with van der Waals surface area (Å²) in [6.07, 6.45) is 4.09. The highest BCUT2D eigenvalue weighted by atomic mass is 32.2. The van der Waals surface area contributed by atoms with E-state index in [-0.39, 0.29) is 17.7 Å². The smallest absolute Gasteiger partial charge is 0.352 e. The number of carboxylic acid groups (broad SMARTS) is 1. The van der Waals surface area contributed by atoms with Crippen molar-refractivity contribution in [1.29, 1.82) is 0 Å². The first-order chi connectivity index (χ1) is 22.7. The predicted octanol–water partition coefficient (Wildman–Crippen LogP) is 2.41. The van der Waals surface area contributed by atoms with Crippen molar-refractivity contribution in [3.05, 3.63) is 117 Å². The zero-order chi connectivity index (χ0) is 32.8. The van der Waals surface area contributed by atoms with Crippen LogP contribution in [-0.4, -0.2) is 67.5 Å². The number of hydrogen-bond acceptors (Lipinski definition) is 8. The number of aromatic nitrogens is 2. The average Bonchev–Trinajstić information content (AvgIpc) is 3.50. The summed E-state index contributed by atoms with van der Waals surface area (Å²) in [6.45, 7) is 0.581. The van der Waals surface area contributed by atoms with Gasteiger partial charge in [0.25, 0.3) is 11.8 Å². The van der Waals surface area contributed by atoms with Crippen LogP contribution in [-0.2, 0) is 33.8 Å². The highest BCUT2D eigenvalue weighted by Gasteiger charge is 2.54. The van der Waals surface area contributed by atoms with Crippen molar-refractivity contribution in [3.63, 3.8) is 0 Å². The van der Waals surface area contributed by atoms with Gasteiger partial charge in [-0.15, -0.1) is 11.8 Å². The molecule has 1 fully saturated rings. The number of aliphatic carboxylic acids is 1. The summed E-state index contributed by atoms with van der Waals surface area (Å²) in [7, 11) is 1.51. The summed E-state index contributed by atoms with van der Waals surface area (Å²) in [5.41, 5.74) is 2.66. The quantitative estimate of drug-likeness (QED) is 0.231. The number of nitrogens with one attached hydrogen (secondary N) is 2. The fourth-order valence-electron chi connectivity index (χ4n) is 6.42. The molecule has 3 atom stereocenters. The van der Waals surface area contributed by atoms with Gasteiger partial charge in [0, 0.05) is 36.8 Å². The Morgan fingerprint density at radius 1 is 1.11 bits per heavy atom. The Kier molecular flexibility index (Phi) is 7.76. The van der Waals surface area contributed by atoms with Gasteiger partial charge in [-0.25, -0.2) is 4.79 Å². The number of β-lactam (4-membered cyclic amide) rings is 1. The molecular weight excluding hydrogens is 622 g/mol. The van der Waals surface area contributed by atoms with Gasteiger partial charge in [-0.1, -0.05) is 36.4 Å². The Morgan fingerprint density at radius 2 is 1.89 bits per heavy atom. The Hall–Kier alpha value is -5.43. The van der Waals surface area contributed by atoms with E-state index in [0.717, 1.165) is 11.1 Å². The molecule has 3 aliphatic heterocycles. The minimum Gasteiger partial charge on any atom is -0.497 e. The third kappa shape index (κ3) is 5.31. The number of aryl methyl sites for hydroxylation is 2. The standard InChI is InChI=1S/C34H29N5O7S/c1-46-22-14-19-10-12-38-16-24(29(40)23(15-22)27(19)38)30(41)36-25(18-7-3-2-4-8-18)31(42)37-26-32(43)39-28(34(44)45)20(17-47-33(26)39)13-21-9-5-6-11-35-21/h2-9,11,14-16,25-26,33H,10,12-13,17H2,1H3,(H,36,41)(H,37,42)(H,44,45). The van der Waals surface area contributed by atoms with Crippen molar-refractivity contribution >= 4 is 46.4 Å². The van der Waals surface area contributed by atoms with Crippen LogP contribution in [0.15, 0.2) is 89.1 Å². The molecule has 0 radical (unpaired) electrons. The largest absolute Gasteiger partial charge is 0.497 e. The number of nitrogens with zero attached hydrogens (tertiary/aromatic N) is 3. The van der Waals surface area contributed by atoms with Crippen LogP contribution in [0.25, 0.3) is 10.9 Å². The van der Waals surface area contributed by atoms with E-state index in [9.17, 15) is 29.1 Å². The summed E-state index contributed by atoms with van der Waals surface area (Å²) in [5.74, 6) is -2.36. The second-order valence-electron chi connectivity index (χ2n) is 11.5. The molecule has 0 spiro atoms. The van der Waals surface area contributed by atoms with E-state index in [1.165, 1.54) is 30.0 Å². The molecule has 1 saturated heterocycles. The van der Waals surface area contributed by atoms with Crippen LogP contribution in [0, 0.1) is 0 Å². The molecule has 3 N–H and O–H groups in total. The van der Waals surface area contributed by atoms with Gasteiger partial charge in [-0.2, -0.15) is 0 Å². The Morgan fingerprint density at radius 3 is 2.62 bits per heavy atom. The van der Waals surface area contributed by atoms with Crippen LogP contribution in [0.2, 0.25) is 0 Å². The van der Waals surface area contributed by atoms with Crippen LogP contribution in [0.4, 0.5) is 0 Å². The summed E-state index contributed by atoms with van der Waals surface area (Å²) >= 11 is 1.35. The molecule has 0 aliphatic carbocycles. The molecule has 3 amide bonds. The number of carbonyl (C=O) groups is 4. The number of carboxylic acids is 1. The Bertz CT molecular complexity index is 2050. The number of carbonyl (C=O) groups excluding carboxylic acids is 3. The molecule has 2 aromatic carbocycles. The van der Waals surface area contributed by atoms with Gasteiger partial charge >= 0.3 is 5.97 Å². The third-order valence-electron chi connectivity index (χ3n) is 8.66. The van der Waals surface area contributed by atoms with Crippen molar-refractivity contribution in [1.82, 2.24) is 25.1 Å². The third-order valence-corrected chi connectivity index (χ3v) is 10.0. The van der Waals surface area contributed by atoms with E-state index in [1.807, 2.05) is 16.7 Å². The number of methoxy groups -OCH3 is 1. The highest BCUT2D eigenvalue weighted by molar-refractivity contribution is 8.00. The van der Waals surface area contributed by atoms with E-state index in [4.69, 9.17) is 4.74 Å². The SMILES string of the molecule is COc1cc2c3c(c1)c(=O)c(C(=O)NC(C(=O)NC1C(=O)N4C(C(=O)O)=C(Cc5ccccn5)CSC14)c1ccccc1)cn3CC2. The fourth-order valence-corrected chi connectivity index (χ4v) is 7.77. The van der Waals surface area contributed by atoms with E-state index in [2.05, 4.69) is 15.6 Å². The van der Waals surface area contributed by atoms with Crippen molar-refractivity contribution in [3.8, 4) is 5.75 Å². The van der Waals surface area contributed by atoms with Gasteiger partial charge in [0.1, 0.15) is 34.5 Å². The molecule has 0 saturated carbocycles. The maximum atomic E-state index is 13.8. The lowest BCUT2D eigenvalue weighted by atomic mass is 9.99. The zero-order valence-corrected chi connectivity index (χ0v) is 26.0. The maximum absolute atomic E-state index is 13.8. The van der Waals surface area contributed by atoms with Crippen molar-refractivity contribution < 1.29 is 29.0 Å². The van der Waals surface area contributed by atoms with Crippen LogP contribution >= 0.6 is 11.8 Å². The van der Waals surface area contributed by atoms with Gasteiger partial charge in [0.2, 0.25) is 11.3 Å². The molecule has 12 nitrogen and oxygen atoms in total. The molecule has 3 unspecified atom stereocenters. The van der Waals surface area contributed by atoms with E-state index < -0.39 is 46.6 Å². The minimum atomic E-state index is -1.25. The molecule has 7 rings (SSSR count). The molecule has 5 heterocycles. The first kappa shape index (κ1) is 30.2. The fraction of sp³-hybridized carbons (Fsp3) is 0.235. The summed E-state index contributed by atoms with van der Waals surface area (Å²) in [6, 6.07) is 15.1. The van der Waals surface area contributed by atoms with E-state index >= 15 is 0 Å². The predicted molar refractivity (Wildman–Crippen MR) is 173 cm³/mol. The van der Waals surface area contributed by atoms with Crippen LogP contribution < -0.4 is 20.8 Å². The zero-order valence-electron chi connectivity index (χ0n) is 25.1. The molecular formula is C34H29N5O7S. The molecule has 2 aromatic heterocycles. The first-order valence-corrected chi connectivity index (χ1v) is 16.0. The number of thioether (sulfide) groups is 1. The van der Waals surface area contributed by atoms with Gasteiger partial charge in [0.15, 0.2) is 0 Å². The summed E-state index contributed by atoms with van der Waals surface area (Å²) < 4.78 is 7.23. The summed E-state index contributed by atoms with van der Waals surface area (Å²) in [4.78, 5) is 72.3. The summed E-state index contributed by atoms with van der Waals surface area (Å²) in [5, 5.41) is 15.2. The lowest BCUT2D eigenvalue weighted by Crippen LogP contribution is -2.71. The average molecular weight is 652 g/mol. The number of benzene rings is 2. The van der Waals surface area contributed by atoms with E-state index in [0.29, 0.717) is 46.7 Å². The Labute approximate surface area is 272 Å². The van der Waals surface area contributed by atoms with Gasteiger partial charge in [-0.05, 0) is 47.4 Å². The van der Waals surface area contributed by atoms with Crippen LogP contribution in [0.1, 0.15) is 33.2 Å². The normalized spacial score (nSPS) is 18.7. The number of pyridine rings is 2. The second-order valence-corrected chi connectivity index (χ2v) is 12.6. The molecule has 47 heavy (non-hydrogen) atoms. The Balaban J connectivity index is 1.14.